The molecule has 0 saturated carbocycles. The van der Waals surface area contributed by atoms with Crippen LogP contribution in [0.15, 0.2) is 23.0 Å². The number of H-pyrrole nitrogens is 1. The Kier molecular flexibility index (Phi) is 3.01. The van der Waals surface area contributed by atoms with Gasteiger partial charge < -0.3 is 19.6 Å². The van der Waals surface area contributed by atoms with Gasteiger partial charge in [-0.15, -0.1) is 0 Å². The molecule has 90 valence electrons. The lowest BCUT2D eigenvalue weighted by Gasteiger charge is -2.09. The molecule has 5 nitrogen and oxygen atoms in total. The monoisotopic (exact) mass is 235 g/mol. The number of hydrogen-bond acceptors (Lipinski definition) is 4. The van der Waals surface area contributed by atoms with E-state index < -0.39 is 0 Å². The summed E-state index contributed by atoms with van der Waals surface area (Å²) < 4.78 is 10.3. The molecule has 0 atom stereocenters. The van der Waals surface area contributed by atoms with Crippen molar-refractivity contribution in [2.45, 2.75) is 6.61 Å². The largest absolute Gasteiger partial charge is 0.497 e. The van der Waals surface area contributed by atoms with Crippen LogP contribution in [0.4, 0.5) is 0 Å². The van der Waals surface area contributed by atoms with E-state index in [1.807, 2.05) is 0 Å². The van der Waals surface area contributed by atoms with Gasteiger partial charge in [-0.3, -0.25) is 4.79 Å². The second kappa shape index (κ2) is 4.47. The molecule has 0 aliphatic heterocycles. The summed E-state index contributed by atoms with van der Waals surface area (Å²) in [6.45, 7) is -0.301. The zero-order valence-corrected chi connectivity index (χ0v) is 9.61. The van der Waals surface area contributed by atoms with E-state index in [9.17, 15) is 4.79 Å². The van der Waals surface area contributed by atoms with Crippen LogP contribution in [0.25, 0.3) is 10.9 Å². The number of aromatic nitrogens is 1. The molecule has 2 aromatic rings. The van der Waals surface area contributed by atoms with E-state index in [0.717, 1.165) is 5.39 Å². The smallest absolute Gasteiger partial charge is 0.254 e. The first-order valence-corrected chi connectivity index (χ1v) is 5.08. The molecule has 0 spiro atoms. The lowest BCUT2D eigenvalue weighted by Crippen LogP contribution is -2.12. The van der Waals surface area contributed by atoms with Crippen LogP contribution < -0.4 is 15.0 Å². The maximum Gasteiger partial charge on any atom is 0.254 e. The zero-order valence-electron chi connectivity index (χ0n) is 9.61. The number of aromatic amines is 1. The predicted octanol–water partition coefficient (Wildman–Crippen LogP) is 1.04. The standard InChI is InChI=1S/C12H13NO4/c1-16-9-4-7-3-8(6-14)12(15)13-11(7)10(5-9)17-2/h3-5,14H,6H2,1-2H3,(H,13,15). The minimum absolute atomic E-state index is 0.301. The number of fused-ring (bicyclic) bond motifs is 1. The number of ether oxygens (including phenoxy) is 2. The highest BCUT2D eigenvalue weighted by molar-refractivity contribution is 5.86. The molecule has 17 heavy (non-hydrogen) atoms. The third kappa shape index (κ3) is 1.97. The van der Waals surface area contributed by atoms with E-state index >= 15 is 0 Å². The number of aliphatic hydroxyl groups excluding tert-OH is 1. The summed E-state index contributed by atoms with van der Waals surface area (Å²) in [5.41, 5.74) is 0.590. The molecule has 1 aromatic heterocycles. The van der Waals surface area contributed by atoms with Gasteiger partial charge >= 0.3 is 0 Å². The Morgan fingerprint density at radius 3 is 2.59 bits per heavy atom. The van der Waals surface area contributed by atoms with Crippen LogP contribution in [0.5, 0.6) is 11.5 Å². The van der Waals surface area contributed by atoms with Gasteiger partial charge in [-0.25, -0.2) is 0 Å². The minimum Gasteiger partial charge on any atom is -0.497 e. The van der Waals surface area contributed by atoms with Crippen molar-refractivity contribution < 1.29 is 14.6 Å². The third-order valence-electron chi connectivity index (χ3n) is 2.59. The number of aliphatic hydroxyl groups is 1. The number of benzene rings is 1. The lowest BCUT2D eigenvalue weighted by molar-refractivity contribution is 0.280. The van der Waals surface area contributed by atoms with Gasteiger partial charge in [0.2, 0.25) is 0 Å². The summed E-state index contributed by atoms with van der Waals surface area (Å²) in [6.07, 6.45) is 0. The first kappa shape index (κ1) is 11.5. The summed E-state index contributed by atoms with van der Waals surface area (Å²) in [4.78, 5) is 14.3. The van der Waals surface area contributed by atoms with Gasteiger partial charge in [0, 0.05) is 17.0 Å². The summed E-state index contributed by atoms with van der Waals surface area (Å²) in [5, 5.41) is 9.80. The molecule has 0 radical (unpaired) electrons. The molecule has 0 aliphatic rings. The van der Waals surface area contributed by atoms with Gasteiger partial charge in [-0.2, -0.15) is 0 Å². The molecule has 0 bridgehead atoms. The molecule has 5 heteroatoms. The van der Waals surface area contributed by atoms with Crippen LogP contribution in [0, 0.1) is 0 Å². The molecule has 1 aromatic carbocycles. The lowest BCUT2D eigenvalue weighted by atomic mass is 10.1. The molecule has 0 amide bonds. The van der Waals surface area contributed by atoms with Gasteiger partial charge in [-0.05, 0) is 12.1 Å². The van der Waals surface area contributed by atoms with Crippen molar-refractivity contribution in [1.29, 1.82) is 0 Å². The predicted molar refractivity (Wildman–Crippen MR) is 63.6 cm³/mol. The van der Waals surface area contributed by atoms with Crippen LogP contribution in [0.1, 0.15) is 5.56 Å². The molecule has 0 aliphatic carbocycles. The Morgan fingerprint density at radius 1 is 1.24 bits per heavy atom. The van der Waals surface area contributed by atoms with Crippen molar-refractivity contribution in [3.8, 4) is 11.5 Å². The fraction of sp³-hybridized carbons (Fsp3) is 0.250. The zero-order chi connectivity index (χ0) is 12.4. The summed E-state index contributed by atoms with van der Waals surface area (Å²) in [7, 11) is 3.08. The molecular weight excluding hydrogens is 222 g/mol. The van der Waals surface area contributed by atoms with E-state index in [1.54, 1.807) is 25.3 Å². The highest BCUT2D eigenvalue weighted by Crippen LogP contribution is 2.29. The van der Waals surface area contributed by atoms with E-state index in [2.05, 4.69) is 4.98 Å². The fourth-order valence-corrected chi connectivity index (χ4v) is 1.70. The van der Waals surface area contributed by atoms with Crippen molar-refractivity contribution in [1.82, 2.24) is 4.98 Å². The Hall–Kier alpha value is -2.01. The van der Waals surface area contributed by atoms with Crippen LogP contribution >= 0.6 is 0 Å². The fourth-order valence-electron chi connectivity index (χ4n) is 1.70. The summed E-state index contributed by atoms with van der Waals surface area (Å²) in [5.74, 6) is 1.16. The van der Waals surface area contributed by atoms with Crippen molar-refractivity contribution >= 4 is 10.9 Å². The number of nitrogens with one attached hydrogen (secondary N) is 1. The Balaban J connectivity index is 2.80. The molecule has 0 unspecified atom stereocenters. The topological polar surface area (TPSA) is 71.5 Å². The molecule has 2 N–H and O–H groups in total. The second-order valence-electron chi connectivity index (χ2n) is 3.58. The Morgan fingerprint density at radius 2 is 2.00 bits per heavy atom. The van der Waals surface area contributed by atoms with Gasteiger partial charge in [0.25, 0.3) is 5.56 Å². The van der Waals surface area contributed by atoms with Gasteiger partial charge in [0.05, 0.1) is 26.3 Å². The van der Waals surface area contributed by atoms with E-state index in [4.69, 9.17) is 14.6 Å². The van der Waals surface area contributed by atoms with Gasteiger partial charge in [-0.1, -0.05) is 0 Å². The van der Waals surface area contributed by atoms with E-state index in [-0.39, 0.29) is 12.2 Å². The first-order chi connectivity index (χ1) is 8.19. The van der Waals surface area contributed by atoms with Crippen LogP contribution in [-0.2, 0) is 6.61 Å². The highest BCUT2D eigenvalue weighted by Gasteiger charge is 2.08. The summed E-state index contributed by atoms with van der Waals surface area (Å²) in [6, 6.07) is 5.09. The number of rotatable bonds is 3. The maximum atomic E-state index is 11.6. The number of pyridine rings is 1. The van der Waals surface area contributed by atoms with Crippen molar-refractivity contribution in [2.75, 3.05) is 14.2 Å². The van der Waals surface area contributed by atoms with E-state index in [0.29, 0.717) is 22.6 Å². The first-order valence-electron chi connectivity index (χ1n) is 5.08. The van der Waals surface area contributed by atoms with Crippen LogP contribution in [0.3, 0.4) is 0 Å². The van der Waals surface area contributed by atoms with Gasteiger partial charge in [0.15, 0.2) is 0 Å². The molecular formula is C12H13NO4. The minimum atomic E-state index is -0.316. The maximum absolute atomic E-state index is 11.6. The Labute approximate surface area is 97.6 Å². The normalized spacial score (nSPS) is 10.5. The van der Waals surface area contributed by atoms with Crippen molar-refractivity contribution in [3.63, 3.8) is 0 Å². The number of methoxy groups -OCH3 is 2. The van der Waals surface area contributed by atoms with E-state index in [1.165, 1.54) is 7.11 Å². The molecule has 1 heterocycles. The highest BCUT2D eigenvalue weighted by atomic mass is 16.5. The third-order valence-corrected chi connectivity index (χ3v) is 2.59. The van der Waals surface area contributed by atoms with Gasteiger partial charge in [0.1, 0.15) is 11.5 Å². The van der Waals surface area contributed by atoms with Crippen molar-refractivity contribution in [3.05, 3.63) is 34.1 Å². The number of hydrogen-bond donors (Lipinski definition) is 2. The quantitative estimate of drug-likeness (QED) is 0.833. The van der Waals surface area contributed by atoms with Crippen LogP contribution in [-0.4, -0.2) is 24.3 Å². The SMILES string of the molecule is COc1cc(OC)c2[nH]c(=O)c(CO)cc2c1. The molecule has 0 saturated heterocycles. The van der Waals surface area contributed by atoms with Crippen LogP contribution in [0.2, 0.25) is 0 Å². The average molecular weight is 235 g/mol. The molecule has 0 fully saturated rings. The van der Waals surface area contributed by atoms with Crippen molar-refractivity contribution in [2.24, 2.45) is 0 Å². The second-order valence-corrected chi connectivity index (χ2v) is 3.58. The summed E-state index contributed by atoms with van der Waals surface area (Å²) >= 11 is 0. The Bertz CT molecular complexity index is 603. The molecule has 2 rings (SSSR count). The average Bonchev–Trinajstić information content (AvgIpc) is 2.36.